The van der Waals surface area contributed by atoms with E-state index in [9.17, 15) is 4.79 Å². The van der Waals surface area contributed by atoms with E-state index in [2.05, 4.69) is 28.5 Å². The number of amidine groups is 1. The van der Waals surface area contributed by atoms with Gasteiger partial charge in [0.15, 0.2) is 5.17 Å². The van der Waals surface area contributed by atoms with E-state index in [1.54, 1.807) is 0 Å². The third kappa shape index (κ3) is 3.35. The Labute approximate surface area is 150 Å². The van der Waals surface area contributed by atoms with E-state index >= 15 is 0 Å². The number of carbonyl (C=O) groups is 1. The Morgan fingerprint density at radius 2 is 1.80 bits per heavy atom. The van der Waals surface area contributed by atoms with Gasteiger partial charge >= 0.3 is 0 Å². The number of aliphatic imine (C=N–C) groups is 1. The topological polar surface area (TPSA) is 41.5 Å². The van der Waals surface area contributed by atoms with Crippen molar-refractivity contribution in [2.24, 2.45) is 4.99 Å². The molecule has 0 radical (unpaired) electrons. The van der Waals surface area contributed by atoms with Crippen LogP contribution in [0.1, 0.15) is 11.1 Å². The highest BCUT2D eigenvalue weighted by Gasteiger charge is 2.24. The van der Waals surface area contributed by atoms with Gasteiger partial charge in [-0.3, -0.25) is 4.79 Å². The minimum absolute atomic E-state index is 0.107. The summed E-state index contributed by atoms with van der Waals surface area (Å²) in [6, 6.07) is 22.2. The molecule has 3 aromatic carbocycles. The van der Waals surface area contributed by atoms with Crippen molar-refractivity contribution in [2.75, 3.05) is 0 Å². The van der Waals surface area contributed by atoms with Gasteiger partial charge in [0.2, 0.25) is 0 Å². The number of thioether (sulfide) groups is 1. The molecule has 1 fully saturated rings. The lowest BCUT2D eigenvalue weighted by Gasteiger charge is -2.02. The van der Waals surface area contributed by atoms with Gasteiger partial charge in [0.05, 0.1) is 10.6 Å². The molecule has 0 bridgehead atoms. The standard InChI is InChI=1S/C21H16N2OS/c1-14-6-4-10-17(12-14)22-21-23-20(24)19(25-21)13-16-9-5-8-15-7-2-3-11-18(15)16/h2-13H,1H3,(H,22,23,24)/b19-13-. The number of carbonyl (C=O) groups excluding carboxylic acids is 1. The molecule has 3 nitrogen and oxygen atoms in total. The fourth-order valence-corrected chi connectivity index (χ4v) is 3.65. The zero-order chi connectivity index (χ0) is 17.2. The van der Waals surface area contributed by atoms with E-state index in [0.29, 0.717) is 10.1 Å². The summed E-state index contributed by atoms with van der Waals surface area (Å²) in [5.41, 5.74) is 3.02. The Hall–Kier alpha value is -2.85. The van der Waals surface area contributed by atoms with Crippen molar-refractivity contribution in [3.8, 4) is 0 Å². The lowest BCUT2D eigenvalue weighted by Crippen LogP contribution is -2.19. The summed E-state index contributed by atoms with van der Waals surface area (Å²) in [7, 11) is 0. The number of benzene rings is 3. The highest BCUT2D eigenvalue weighted by Crippen LogP contribution is 2.30. The summed E-state index contributed by atoms with van der Waals surface area (Å²) in [6.07, 6.45) is 1.93. The number of nitrogens with zero attached hydrogens (tertiary/aromatic N) is 1. The molecule has 4 heteroatoms. The van der Waals surface area contributed by atoms with Crippen molar-refractivity contribution in [3.63, 3.8) is 0 Å². The number of rotatable bonds is 2. The highest BCUT2D eigenvalue weighted by molar-refractivity contribution is 8.18. The second kappa shape index (κ2) is 6.57. The molecule has 1 aliphatic heterocycles. The molecule has 1 aliphatic rings. The van der Waals surface area contributed by atoms with Gasteiger partial charge in [0.25, 0.3) is 5.91 Å². The Morgan fingerprint density at radius 3 is 2.68 bits per heavy atom. The van der Waals surface area contributed by atoms with Gasteiger partial charge in [-0.05, 0) is 58.8 Å². The molecule has 0 atom stereocenters. The molecule has 4 rings (SSSR count). The second-order valence-corrected chi connectivity index (χ2v) is 6.92. The van der Waals surface area contributed by atoms with E-state index in [4.69, 9.17) is 0 Å². The maximum Gasteiger partial charge on any atom is 0.264 e. The quantitative estimate of drug-likeness (QED) is 0.662. The first-order valence-electron chi connectivity index (χ1n) is 8.03. The minimum atomic E-state index is -0.107. The average Bonchev–Trinajstić information content (AvgIpc) is 2.94. The number of amides is 1. The van der Waals surface area contributed by atoms with Crippen LogP contribution in [0.5, 0.6) is 0 Å². The molecular weight excluding hydrogens is 328 g/mol. The van der Waals surface area contributed by atoms with Gasteiger partial charge in [-0.15, -0.1) is 0 Å². The van der Waals surface area contributed by atoms with E-state index in [1.165, 1.54) is 11.8 Å². The molecule has 1 saturated heterocycles. The van der Waals surface area contributed by atoms with Crippen LogP contribution in [0.2, 0.25) is 0 Å². The van der Waals surface area contributed by atoms with Crippen LogP contribution in [0, 0.1) is 6.92 Å². The van der Waals surface area contributed by atoms with Gasteiger partial charge < -0.3 is 5.32 Å². The van der Waals surface area contributed by atoms with E-state index in [0.717, 1.165) is 27.6 Å². The smallest absolute Gasteiger partial charge is 0.264 e. The SMILES string of the molecule is Cc1cccc(N=C2NC(=O)/C(=C/c3cccc4ccccc34)S2)c1. The van der Waals surface area contributed by atoms with Gasteiger partial charge in [-0.1, -0.05) is 54.6 Å². The molecule has 0 aromatic heterocycles. The summed E-state index contributed by atoms with van der Waals surface area (Å²) in [5, 5.41) is 5.75. The van der Waals surface area contributed by atoms with Crippen LogP contribution >= 0.6 is 11.8 Å². The Bertz CT molecular complexity index is 1030. The number of aryl methyl sites for hydroxylation is 1. The van der Waals surface area contributed by atoms with Crippen molar-refractivity contribution >= 4 is 45.4 Å². The molecule has 0 aliphatic carbocycles. The monoisotopic (exact) mass is 344 g/mol. The first-order valence-corrected chi connectivity index (χ1v) is 8.85. The predicted molar refractivity (Wildman–Crippen MR) is 106 cm³/mol. The zero-order valence-electron chi connectivity index (χ0n) is 13.7. The normalized spacial score (nSPS) is 17.4. The molecule has 1 heterocycles. The van der Waals surface area contributed by atoms with Gasteiger partial charge in [0.1, 0.15) is 0 Å². The molecule has 1 amide bonds. The Morgan fingerprint density at radius 1 is 1.00 bits per heavy atom. The molecule has 0 saturated carbocycles. The fourth-order valence-electron chi connectivity index (χ4n) is 2.81. The van der Waals surface area contributed by atoms with Crippen LogP contribution in [0.25, 0.3) is 16.8 Å². The van der Waals surface area contributed by atoms with Crippen LogP contribution < -0.4 is 5.32 Å². The first-order chi connectivity index (χ1) is 12.2. The molecule has 25 heavy (non-hydrogen) atoms. The largest absolute Gasteiger partial charge is 0.300 e. The Balaban J connectivity index is 1.67. The Kier molecular flexibility index (Phi) is 4.12. The molecule has 0 spiro atoms. The molecule has 0 unspecified atom stereocenters. The number of nitrogens with one attached hydrogen (secondary N) is 1. The van der Waals surface area contributed by atoms with Crippen molar-refractivity contribution in [1.29, 1.82) is 0 Å². The molecular formula is C21H16N2OS. The third-order valence-electron chi connectivity index (χ3n) is 3.99. The number of hydrogen-bond acceptors (Lipinski definition) is 3. The van der Waals surface area contributed by atoms with Crippen LogP contribution in [0.15, 0.2) is 76.6 Å². The van der Waals surface area contributed by atoms with E-state index in [-0.39, 0.29) is 5.91 Å². The number of hydrogen-bond donors (Lipinski definition) is 1. The fraction of sp³-hybridized carbons (Fsp3) is 0.0476. The van der Waals surface area contributed by atoms with Crippen molar-refractivity contribution in [1.82, 2.24) is 5.32 Å². The lowest BCUT2D eigenvalue weighted by atomic mass is 10.0. The second-order valence-electron chi connectivity index (χ2n) is 5.89. The first kappa shape index (κ1) is 15.7. The predicted octanol–water partition coefficient (Wildman–Crippen LogP) is 5.04. The molecule has 122 valence electrons. The van der Waals surface area contributed by atoms with Crippen LogP contribution in [-0.4, -0.2) is 11.1 Å². The van der Waals surface area contributed by atoms with E-state index in [1.807, 2.05) is 61.5 Å². The van der Waals surface area contributed by atoms with Gasteiger partial charge in [0, 0.05) is 0 Å². The van der Waals surface area contributed by atoms with Crippen LogP contribution in [0.4, 0.5) is 5.69 Å². The maximum atomic E-state index is 12.3. The van der Waals surface area contributed by atoms with Crippen molar-refractivity contribution in [3.05, 3.63) is 82.8 Å². The van der Waals surface area contributed by atoms with Crippen molar-refractivity contribution < 1.29 is 4.79 Å². The summed E-state index contributed by atoms with van der Waals surface area (Å²) >= 11 is 1.37. The summed E-state index contributed by atoms with van der Waals surface area (Å²) < 4.78 is 0. The summed E-state index contributed by atoms with van der Waals surface area (Å²) in [4.78, 5) is 17.5. The minimum Gasteiger partial charge on any atom is -0.300 e. The lowest BCUT2D eigenvalue weighted by molar-refractivity contribution is -0.115. The average molecular weight is 344 g/mol. The molecule has 1 N–H and O–H groups in total. The third-order valence-corrected chi connectivity index (χ3v) is 4.90. The van der Waals surface area contributed by atoms with Crippen molar-refractivity contribution in [2.45, 2.75) is 6.92 Å². The summed E-state index contributed by atoms with van der Waals surface area (Å²) in [5.74, 6) is -0.107. The van der Waals surface area contributed by atoms with Crippen LogP contribution in [-0.2, 0) is 4.79 Å². The van der Waals surface area contributed by atoms with Gasteiger partial charge in [-0.25, -0.2) is 4.99 Å². The summed E-state index contributed by atoms with van der Waals surface area (Å²) in [6.45, 7) is 2.02. The molecule has 3 aromatic rings. The number of fused-ring (bicyclic) bond motifs is 1. The van der Waals surface area contributed by atoms with Gasteiger partial charge in [-0.2, -0.15) is 0 Å². The van der Waals surface area contributed by atoms with Crippen LogP contribution in [0.3, 0.4) is 0 Å². The zero-order valence-corrected chi connectivity index (χ0v) is 14.5. The highest BCUT2D eigenvalue weighted by atomic mass is 32.2. The maximum absolute atomic E-state index is 12.3. The van der Waals surface area contributed by atoms with E-state index < -0.39 is 0 Å².